The Morgan fingerprint density at radius 3 is 2.76 bits per heavy atom. The molecule has 0 bridgehead atoms. The summed E-state index contributed by atoms with van der Waals surface area (Å²) < 4.78 is 0. The molecule has 2 N–H and O–H groups in total. The molecule has 2 heterocycles. The van der Waals surface area contributed by atoms with Crippen molar-refractivity contribution in [2.45, 2.75) is 32.1 Å². The van der Waals surface area contributed by atoms with Gasteiger partial charge < -0.3 is 10.6 Å². The number of hydrogen-bond acceptors (Lipinski definition) is 4. The number of carbonyl (C=O) groups excluding carboxylic acids is 2. The molecule has 1 amide bonds. The normalized spacial score (nSPS) is 20.6. The van der Waals surface area contributed by atoms with E-state index in [1.54, 1.807) is 0 Å². The molecule has 2 aliphatic heterocycles. The molecule has 0 radical (unpaired) electrons. The zero-order valence-corrected chi connectivity index (χ0v) is 14.3. The van der Waals surface area contributed by atoms with Gasteiger partial charge in [-0.15, -0.1) is 0 Å². The summed E-state index contributed by atoms with van der Waals surface area (Å²) in [6, 6.07) is 7.97. The van der Waals surface area contributed by atoms with E-state index in [-0.39, 0.29) is 17.6 Å². The van der Waals surface area contributed by atoms with Gasteiger partial charge >= 0.3 is 0 Å². The number of nitrogens with zero attached hydrogens (tertiary/aromatic N) is 1. The minimum atomic E-state index is 0.0762. The number of carbonyl (C=O) groups is 2. The number of allylic oxidation sites excluding steroid dienone is 1. The number of hydrogen-bond donors (Lipinski definition) is 2. The fourth-order valence-electron chi connectivity index (χ4n) is 3.72. The average Bonchev–Trinajstić information content (AvgIpc) is 2.56. The summed E-state index contributed by atoms with van der Waals surface area (Å²) in [5, 5.41) is 6.11. The van der Waals surface area contributed by atoms with Crippen molar-refractivity contribution >= 4 is 23.1 Å². The lowest BCUT2D eigenvalue weighted by atomic mass is 9.83. The molecule has 5 nitrogen and oxygen atoms in total. The van der Waals surface area contributed by atoms with Crippen molar-refractivity contribution in [2.75, 3.05) is 25.0 Å². The number of nitrogens with one attached hydrogen (secondary N) is 2. The third-order valence-corrected chi connectivity index (χ3v) is 5.28. The maximum absolute atomic E-state index is 12.1. The number of anilines is 1. The van der Waals surface area contributed by atoms with E-state index >= 15 is 0 Å². The van der Waals surface area contributed by atoms with Gasteiger partial charge in [0.2, 0.25) is 5.91 Å². The highest BCUT2D eigenvalue weighted by Crippen LogP contribution is 2.30. The van der Waals surface area contributed by atoms with E-state index in [0.29, 0.717) is 6.54 Å². The van der Waals surface area contributed by atoms with Crippen molar-refractivity contribution in [1.82, 2.24) is 5.32 Å². The fourth-order valence-corrected chi connectivity index (χ4v) is 3.72. The van der Waals surface area contributed by atoms with E-state index in [1.165, 1.54) is 5.57 Å². The van der Waals surface area contributed by atoms with Crippen LogP contribution in [-0.2, 0) is 16.0 Å². The van der Waals surface area contributed by atoms with Gasteiger partial charge in [0, 0.05) is 36.5 Å². The first-order valence-electron chi connectivity index (χ1n) is 9.10. The van der Waals surface area contributed by atoms with E-state index in [0.717, 1.165) is 67.7 Å². The number of benzene rings is 1. The Labute approximate surface area is 147 Å². The minimum absolute atomic E-state index is 0.0762. The van der Waals surface area contributed by atoms with Crippen molar-refractivity contribution in [3.8, 4) is 0 Å². The van der Waals surface area contributed by atoms with E-state index in [9.17, 15) is 9.59 Å². The highest BCUT2D eigenvalue weighted by atomic mass is 16.2. The van der Waals surface area contributed by atoms with Crippen LogP contribution in [0.1, 0.15) is 31.2 Å². The predicted octanol–water partition coefficient (Wildman–Crippen LogP) is 2.28. The number of ketones is 1. The van der Waals surface area contributed by atoms with Gasteiger partial charge in [0.25, 0.3) is 0 Å². The smallest absolute Gasteiger partial charge is 0.230 e. The second kappa shape index (κ2) is 6.92. The molecule has 1 aromatic carbocycles. The lowest BCUT2D eigenvalue weighted by molar-refractivity contribution is -0.121. The van der Waals surface area contributed by atoms with Crippen LogP contribution in [0.4, 0.5) is 5.69 Å². The SMILES string of the molecule is O=C1CN=C(Cc2cccc(NC(=O)C3CNC3)c2)C2=C1CCCC2. The van der Waals surface area contributed by atoms with Gasteiger partial charge in [0.1, 0.15) is 6.54 Å². The number of amides is 1. The quantitative estimate of drug-likeness (QED) is 0.885. The Morgan fingerprint density at radius 1 is 1.20 bits per heavy atom. The standard InChI is InChI=1S/C20H23N3O2/c24-19-12-22-18(16-6-1-2-7-17(16)19)9-13-4-3-5-15(8-13)23-20(25)14-10-21-11-14/h3-5,8,14,21H,1-2,6-7,9-12H2,(H,23,25). The van der Waals surface area contributed by atoms with Crippen LogP contribution in [0, 0.1) is 5.92 Å². The van der Waals surface area contributed by atoms with Crippen LogP contribution in [0.2, 0.25) is 0 Å². The number of aliphatic imine (C=N–C) groups is 1. The summed E-state index contributed by atoms with van der Waals surface area (Å²) >= 11 is 0. The monoisotopic (exact) mass is 337 g/mol. The van der Waals surface area contributed by atoms with Crippen molar-refractivity contribution in [1.29, 1.82) is 0 Å². The fraction of sp³-hybridized carbons (Fsp3) is 0.450. The summed E-state index contributed by atoms with van der Waals surface area (Å²) in [4.78, 5) is 28.7. The maximum Gasteiger partial charge on any atom is 0.230 e. The summed E-state index contributed by atoms with van der Waals surface area (Å²) in [7, 11) is 0. The Hall–Kier alpha value is -2.27. The molecule has 0 saturated carbocycles. The number of rotatable bonds is 4. The van der Waals surface area contributed by atoms with E-state index < -0.39 is 0 Å². The van der Waals surface area contributed by atoms with Crippen LogP contribution < -0.4 is 10.6 Å². The van der Waals surface area contributed by atoms with Gasteiger partial charge in [-0.25, -0.2) is 0 Å². The van der Waals surface area contributed by atoms with Crippen LogP contribution in [0.5, 0.6) is 0 Å². The first kappa shape index (κ1) is 16.2. The summed E-state index contributed by atoms with van der Waals surface area (Å²) in [6.07, 6.45) is 4.83. The Balaban J connectivity index is 1.49. The number of Topliss-reactive ketones (excluding diaryl/α,β-unsaturated/α-hetero) is 1. The van der Waals surface area contributed by atoms with Crippen molar-refractivity contribution in [3.05, 3.63) is 41.0 Å². The van der Waals surface area contributed by atoms with Crippen molar-refractivity contribution in [2.24, 2.45) is 10.9 Å². The molecule has 3 aliphatic rings. The molecule has 1 saturated heterocycles. The molecule has 0 spiro atoms. The van der Waals surface area contributed by atoms with Crippen LogP contribution in [0.25, 0.3) is 0 Å². The lowest BCUT2D eigenvalue weighted by Gasteiger charge is -2.26. The van der Waals surface area contributed by atoms with E-state index in [4.69, 9.17) is 0 Å². The van der Waals surface area contributed by atoms with Crippen LogP contribution >= 0.6 is 0 Å². The van der Waals surface area contributed by atoms with E-state index in [2.05, 4.69) is 21.7 Å². The highest BCUT2D eigenvalue weighted by molar-refractivity contribution is 6.14. The average molecular weight is 337 g/mol. The molecule has 0 atom stereocenters. The minimum Gasteiger partial charge on any atom is -0.326 e. The largest absolute Gasteiger partial charge is 0.326 e. The van der Waals surface area contributed by atoms with Crippen LogP contribution in [0.15, 0.2) is 40.4 Å². The molecule has 1 fully saturated rings. The molecule has 130 valence electrons. The molecule has 1 aromatic rings. The first-order chi connectivity index (χ1) is 12.2. The van der Waals surface area contributed by atoms with Gasteiger partial charge in [-0.3, -0.25) is 14.6 Å². The van der Waals surface area contributed by atoms with Gasteiger partial charge in [0.05, 0.1) is 5.92 Å². The van der Waals surface area contributed by atoms with Gasteiger partial charge in [0.15, 0.2) is 5.78 Å². The van der Waals surface area contributed by atoms with Gasteiger partial charge in [-0.05, 0) is 49.0 Å². The Bertz CT molecular complexity index is 775. The molecule has 5 heteroatoms. The lowest BCUT2D eigenvalue weighted by Crippen LogP contribution is -2.48. The predicted molar refractivity (Wildman–Crippen MR) is 97.9 cm³/mol. The van der Waals surface area contributed by atoms with Crippen molar-refractivity contribution < 1.29 is 9.59 Å². The zero-order valence-electron chi connectivity index (χ0n) is 14.3. The van der Waals surface area contributed by atoms with E-state index in [1.807, 2.05) is 18.2 Å². The molecule has 4 rings (SSSR count). The van der Waals surface area contributed by atoms with Crippen molar-refractivity contribution in [3.63, 3.8) is 0 Å². The Kier molecular flexibility index (Phi) is 4.49. The Morgan fingerprint density at radius 2 is 2.00 bits per heavy atom. The first-order valence-corrected chi connectivity index (χ1v) is 9.10. The second-order valence-corrected chi connectivity index (χ2v) is 7.07. The third-order valence-electron chi connectivity index (χ3n) is 5.28. The topological polar surface area (TPSA) is 70.6 Å². The van der Waals surface area contributed by atoms with Crippen LogP contribution in [0.3, 0.4) is 0 Å². The molecule has 0 unspecified atom stereocenters. The molecular formula is C20H23N3O2. The summed E-state index contributed by atoms with van der Waals surface area (Å²) in [6.45, 7) is 1.81. The highest BCUT2D eigenvalue weighted by Gasteiger charge is 2.26. The molecular weight excluding hydrogens is 314 g/mol. The zero-order chi connectivity index (χ0) is 17.2. The molecule has 0 aromatic heterocycles. The second-order valence-electron chi connectivity index (χ2n) is 7.07. The summed E-state index contributed by atoms with van der Waals surface area (Å²) in [5.74, 6) is 0.356. The molecule has 25 heavy (non-hydrogen) atoms. The van der Waals surface area contributed by atoms with Gasteiger partial charge in [-0.1, -0.05) is 12.1 Å². The van der Waals surface area contributed by atoms with Crippen LogP contribution in [-0.4, -0.2) is 37.0 Å². The number of dihydropyridines is 1. The third kappa shape index (κ3) is 3.42. The molecule has 1 aliphatic carbocycles. The summed E-state index contributed by atoms with van der Waals surface area (Å²) in [5.41, 5.74) is 5.20. The van der Waals surface area contributed by atoms with Gasteiger partial charge in [-0.2, -0.15) is 0 Å². The maximum atomic E-state index is 12.1.